The van der Waals surface area contributed by atoms with Crippen LogP contribution in [0.3, 0.4) is 0 Å². The highest BCUT2D eigenvalue weighted by molar-refractivity contribution is 6.26. The number of hydrogen-bond acceptors (Lipinski definition) is 7. The van der Waals surface area contributed by atoms with E-state index in [2.05, 4.69) is 11.8 Å². The van der Waals surface area contributed by atoms with Gasteiger partial charge in [0.25, 0.3) is 0 Å². The van der Waals surface area contributed by atoms with Crippen LogP contribution in [0.5, 0.6) is 5.75 Å². The van der Waals surface area contributed by atoms with Crippen molar-refractivity contribution < 1.29 is 33.3 Å². The molecule has 1 aliphatic carbocycles. The van der Waals surface area contributed by atoms with Gasteiger partial charge in [0.1, 0.15) is 11.5 Å². The van der Waals surface area contributed by atoms with Crippen molar-refractivity contribution in [1.29, 1.82) is 0 Å². The lowest BCUT2D eigenvalue weighted by atomic mass is 9.75. The third kappa shape index (κ3) is 3.17. The highest BCUT2D eigenvalue weighted by atomic mass is 16.7. The largest absolute Gasteiger partial charge is 0.513 e. The Morgan fingerprint density at radius 3 is 2.70 bits per heavy atom. The number of rotatable bonds is 5. The fraction of sp³-hybridized carbons (Fsp3) is 0.478. The molecule has 0 aromatic heterocycles. The summed E-state index contributed by atoms with van der Waals surface area (Å²) in [4.78, 5) is 25.6. The molecule has 0 spiro atoms. The maximum Gasteiger partial charge on any atom is 0.513 e. The van der Waals surface area contributed by atoms with Gasteiger partial charge >= 0.3 is 6.16 Å². The fourth-order valence-corrected chi connectivity index (χ4v) is 4.96. The smallest absolute Gasteiger partial charge is 0.496 e. The molecule has 2 fully saturated rings. The molecule has 2 bridgehead atoms. The first-order chi connectivity index (χ1) is 14.5. The zero-order chi connectivity index (χ0) is 21.4. The molecule has 0 N–H and O–H groups in total. The van der Waals surface area contributed by atoms with E-state index in [0.29, 0.717) is 29.3 Å². The van der Waals surface area contributed by atoms with Crippen LogP contribution in [0.2, 0.25) is 0 Å². The van der Waals surface area contributed by atoms with Gasteiger partial charge < -0.3 is 23.7 Å². The third-order valence-electron chi connectivity index (χ3n) is 6.05. The summed E-state index contributed by atoms with van der Waals surface area (Å²) in [6.07, 6.45) is -0.592. The van der Waals surface area contributed by atoms with E-state index >= 15 is 0 Å². The molecule has 5 atom stereocenters. The number of carbonyl (C=O) groups is 2. The average molecular weight is 412 g/mol. The molecule has 7 nitrogen and oxygen atoms in total. The van der Waals surface area contributed by atoms with Gasteiger partial charge in [0.05, 0.1) is 50.4 Å². The number of Topliss-reactive ketones (excluding diaryl/α,β-unsaturated/α-hetero) is 1. The molecule has 2 aliphatic heterocycles. The van der Waals surface area contributed by atoms with Crippen LogP contribution < -0.4 is 4.74 Å². The number of carbonyl (C=O) groups excluding carboxylic acids is 2. The average Bonchev–Trinajstić information content (AvgIpc) is 3.39. The molecule has 30 heavy (non-hydrogen) atoms. The Morgan fingerprint density at radius 2 is 2.03 bits per heavy atom. The van der Waals surface area contributed by atoms with Crippen molar-refractivity contribution >= 4 is 17.5 Å². The van der Waals surface area contributed by atoms with Gasteiger partial charge in [-0.1, -0.05) is 5.92 Å². The summed E-state index contributed by atoms with van der Waals surface area (Å²) in [6, 6.07) is 5.37. The Kier molecular flexibility index (Phi) is 5.54. The Bertz CT molecular complexity index is 967. The SMILES string of the molecule is CC#Cc1ccc(C2=C(OC(=O)OC)C3C4C[C@H](COC)C(O4)[C@H]3C2=O)c(OC)c1. The van der Waals surface area contributed by atoms with Crippen LogP contribution in [-0.2, 0) is 23.7 Å². The highest BCUT2D eigenvalue weighted by Crippen LogP contribution is 2.57. The van der Waals surface area contributed by atoms with E-state index in [1.807, 2.05) is 6.07 Å². The molecular formula is C23H24O7. The van der Waals surface area contributed by atoms with Crippen LogP contribution >= 0.6 is 0 Å². The maximum atomic E-state index is 13.6. The zero-order valence-corrected chi connectivity index (χ0v) is 17.4. The fourth-order valence-electron chi connectivity index (χ4n) is 4.96. The number of benzene rings is 1. The Morgan fingerprint density at radius 1 is 1.23 bits per heavy atom. The van der Waals surface area contributed by atoms with Crippen molar-refractivity contribution in [2.75, 3.05) is 27.9 Å². The maximum absolute atomic E-state index is 13.6. The predicted molar refractivity (Wildman–Crippen MR) is 107 cm³/mol. The standard InChI is InChI=1S/C23H24O7/c1-5-6-12-7-8-14(15(9-12)27-3)17-20(24)19-18(22(17)30-23(25)28-4)16-10-13(11-26-2)21(19)29-16/h7-9,13,16,18-19,21H,10-11H2,1-4H3/t13-,16?,18?,19-,21?/m1/s1. The minimum absolute atomic E-state index is 0.111. The lowest BCUT2D eigenvalue weighted by Gasteiger charge is -2.27. The lowest BCUT2D eigenvalue weighted by Crippen LogP contribution is -2.37. The Labute approximate surface area is 175 Å². The van der Waals surface area contributed by atoms with Crippen LogP contribution in [-0.4, -0.2) is 52.1 Å². The number of hydrogen-bond donors (Lipinski definition) is 0. The summed E-state index contributed by atoms with van der Waals surface area (Å²) < 4.78 is 27.2. The molecule has 0 amide bonds. The van der Waals surface area contributed by atoms with Crippen LogP contribution in [0.4, 0.5) is 4.79 Å². The summed E-state index contributed by atoms with van der Waals surface area (Å²) in [7, 11) is 4.41. The minimum Gasteiger partial charge on any atom is -0.496 e. The first kappa shape index (κ1) is 20.5. The molecular weight excluding hydrogens is 388 g/mol. The summed E-state index contributed by atoms with van der Waals surface area (Å²) in [5.74, 6) is 5.89. The van der Waals surface area contributed by atoms with E-state index < -0.39 is 12.1 Å². The molecule has 3 unspecified atom stereocenters. The van der Waals surface area contributed by atoms with Crippen LogP contribution in [0, 0.1) is 29.6 Å². The number of methoxy groups -OCH3 is 3. The lowest BCUT2D eigenvalue weighted by molar-refractivity contribution is -0.119. The van der Waals surface area contributed by atoms with Crippen LogP contribution in [0.1, 0.15) is 24.5 Å². The third-order valence-corrected chi connectivity index (χ3v) is 6.05. The van der Waals surface area contributed by atoms with Gasteiger partial charge in [-0.15, -0.1) is 5.92 Å². The number of ether oxygens (including phenoxy) is 5. The molecule has 0 radical (unpaired) electrons. The molecule has 0 saturated carbocycles. The summed E-state index contributed by atoms with van der Waals surface area (Å²) in [5, 5.41) is 0. The number of allylic oxidation sites excluding steroid dienone is 1. The zero-order valence-electron chi connectivity index (χ0n) is 17.4. The van der Waals surface area contributed by atoms with Crippen LogP contribution in [0.15, 0.2) is 24.0 Å². The van der Waals surface area contributed by atoms with E-state index in [-0.39, 0.29) is 29.8 Å². The number of ketones is 1. The molecule has 4 rings (SSSR count). The van der Waals surface area contributed by atoms with E-state index in [1.165, 1.54) is 14.2 Å². The van der Waals surface area contributed by atoms with Gasteiger partial charge in [-0.3, -0.25) is 4.79 Å². The second kappa shape index (κ2) is 8.13. The van der Waals surface area contributed by atoms with Gasteiger partial charge in [-0.25, -0.2) is 4.79 Å². The van der Waals surface area contributed by atoms with Gasteiger partial charge in [0.2, 0.25) is 0 Å². The van der Waals surface area contributed by atoms with E-state index in [0.717, 1.165) is 12.0 Å². The van der Waals surface area contributed by atoms with E-state index in [1.54, 1.807) is 26.2 Å². The van der Waals surface area contributed by atoms with Crippen molar-refractivity contribution in [3.8, 4) is 17.6 Å². The first-order valence-electron chi connectivity index (χ1n) is 9.83. The van der Waals surface area contributed by atoms with Gasteiger partial charge in [0, 0.05) is 24.2 Å². The predicted octanol–water partition coefficient (Wildman–Crippen LogP) is 2.81. The van der Waals surface area contributed by atoms with Crippen molar-refractivity contribution in [2.45, 2.75) is 25.6 Å². The quantitative estimate of drug-likeness (QED) is 0.543. The van der Waals surface area contributed by atoms with Crippen LogP contribution in [0.25, 0.3) is 5.57 Å². The van der Waals surface area contributed by atoms with Crippen molar-refractivity contribution in [3.63, 3.8) is 0 Å². The monoisotopic (exact) mass is 412 g/mol. The second-order valence-electron chi connectivity index (χ2n) is 7.59. The summed E-state index contributed by atoms with van der Waals surface area (Å²) in [6.45, 7) is 2.27. The van der Waals surface area contributed by atoms with Gasteiger partial charge in [0.15, 0.2) is 5.78 Å². The Hall–Kier alpha value is -2.82. The molecule has 1 aromatic rings. The summed E-state index contributed by atoms with van der Waals surface area (Å²) >= 11 is 0. The topological polar surface area (TPSA) is 80.3 Å². The minimum atomic E-state index is -0.861. The highest BCUT2D eigenvalue weighted by Gasteiger charge is 2.63. The van der Waals surface area contributed by atoms with Crippen molar-refractivity contribution in [3.05, 3.63) is 35.1 Å². The molecule has 3 aliphatic rings. The molecule has 158 valence electrons. The van der Waals surface area contributed by atoms with E-state index in [4.69, 9.17) is 23.7 Å². The number of fused-ring (bicyclic) bond motifs is 5. The van der Waals surface area contributed by atoms with Crippen molar-refractivity contribution in [2.24, 2.45) is 17.8 Å². The first-order valence-corrected chi connectivity index (χ1v) is 9.83. The van der Waals surface area contributed by atoms with Gasteiger partial charge in [-0.05, 0) is 31.5 Å². The normalized spacial score (nSPS) is 28.8. The molecule has 2 saturated heterocycles. The van der Waals surface area contributed by atoms with E-state index in [9.17, 15) is 9.59 Å². The second-order valence-corrected chi connectivity index (χ2v) is 7.59. The Balaban J connectivity index is 1.81. The van der Waals surface area contributed by atoms with Gasteiger partial charge in [-0.2, -0.15) is 0 Å². The molecule has 2 heterocycles. The molecule has 1 aromatic carbocycles. The summed E-state index contributed by atoms with van der Waals surface area (Å²) in [5.41, 5.74) is 1.68. The van der Waals surface area contributed by atoms with Crippen molar-refractivity contribution in [1.82, 2.24) is 0 Å². The molecule has 7 heteroatoms.